The van der Waals surface area contributed by atoms with Gasteiger partial charge in [-0.3, -0.25) is 10.1 Å². The summed E-state index contributed by atoms with van der Waals surface area (Å²) in [6.07, 6.45) is 1.50. The summed E-state index contributed by atoms with van der Waals surface area (Å²) in [6, 6.07) is 15.2. The van der Waals surface area contributed by atoms with Crippen LogP contribution in [0.25, 0.3) is 22.3 Å². The van der Waals surface area contributed by atoms with Crippen LogP contribution in [-0.2, 0) is 0 Å². The molecule has 4 aromatic rings. The number of nitrogens with zero attached hydrogens (tertiary/aromatic N) is 3. The Balaban J connectivity index is 1.73. The van der Waals surface area contributed by atoms with E-state index in [2.05, 4.69) is 15.0 Å². The number of aromatic nitrogens is 3. The lowest BCUT2D eigenvalue weighted by atomic mass is 10.1. The third-order valence-electron chi connectivity index (χ3n) is 3.42. The zero-order valence-corrected chi connectivity index (χ0v) is 13.8. The van der Waals surface area contributed by atoms with Crippen LogP contribution < -0.4 is 0 Å². The molecule has 0 atom stereocenters. The Bertz CT molecular complexity index is 1030. The fourth-order valence-electron chi connectivity index (χ4n) is 2.33. The summed E-state index contributed by atoms with van der Waals surface area (Å²) in [5.41, 5.74) is 2.78. The van der Waals surface area contributed by atoms with Crippen molar-refractivity contribution in [3.05, 3.63) is 65.0 Å². The van der Waals surface area contributed by atoms with E-state index in [1.807, 2.05) is 36.4 Å². The molecule has 0 bridgehead atoms. The number of aromatic amines is 1. The van der Waals surface area contributed by atoms with E-state index in [0.29, 0.717) is 0 Å². The highest BCUT2D eigenvalue weighted by Crippen LogP contribution is 2.38. The second kappa shape index (κ2) is 6.06. The molecule has 0 spiro atoms. The molecule has 118 valence electrons. The fraction of sp³-hybridized carbons (Fsp3) is 0. The normalized spacial score (nSPS) is 11.0. The van der Waals surface area contributed by atoms with Crippen LogP contribution >= 0.6 is 23.1 Å². The average molecular weight is 354 g/mol. The van der Waals surface area contributed by atoms with Crippen molar-refractivity contribution in [2.75, 3.05) is 0 Å². The highest BCUT2D eigenvalue weighted by Gasteiger charge is 2.14. The maximum absolute atomic E-state index is 10.8. The first-order valence-corrected chi connectivity index (χ1v) is 8.65. The van der Waals surface area contributed by atoms with Crippen molar-refractivity contribution in [2.45, 2.75) is 9.24 Å². The minimum Gasteiger partial charge on any atom is -0.339 e. The third kappa shape index (κ3) is 2.77. The van der Waals surface area contributed by atoms with Crippen LogP contribution in [0.3, 0.4) is 0 Å². The standard InChI is InChI=1S/C16H10N4O2S2/c21-20(22)13-6-7-14(23-13)24-16-11-8-12(10-4-2-1-3-5-10)19-15(11)17-9-18-16/h1-9H,(H,17,18,19). The van der Waals surface area contributed by atoms with E-state index in [4.69, 9.17) is 0 Å². The largest absolute Gasteiger partial charge is 0.339 e. The van der Waals surface area contributed by atoms with Crippen LogP contribution in [-0.4, -0.2) is 19.9 Å². The number of hydrogen-bond acceptors (Lipinski definition) is 6. The van der Waals surface area contributed by atoms with E-state index < -0.39 is 0 Å². The van der Waals surface area contributed by atoms with Gasteiger partial charge in [0, 0.05) is 11.8 Å². The lowest BCUT2D eigenvalue weighted by Gasteiger charge is -1.98. The Labute approximate surface area is 144 Å². The van der Waals surface area contributed by atoms with Crippen molar-refractivity contribution in [1.29, 1.82) is 0 Å². The molecular formula is C16H10N4O2S2. The molecule has 0 radical (unpaired) electrons. The van der Waals surface area contributed by atoms with E-state index in [1.165, 1.54) is 24.2 Å². The Kier molecular flexibility index (Phi) is 3.75. The predicted molar refractivity (Wildman–Crippen MR) is 94.4 cm³/mol. The highest BCUT2D eigenvalue weighted by atomic mass is 32.2. The molecule has 0 fully saturated rings. The highest BCUT2D eigenvalue weighted by molar-refractivity contribution is 8.01. The second-order valence-corrected chi connectivity index (χ2v) is 7.29. The van der Waals surface area contributed by atoms with Crippen LogP contribution in [0, 0.1) is 10.1 Å². The smallest absolute Gasteiger partial charge is 0.325 e. The van der Waals surface area contributed by atoms with Crippen molar-refractivity contribution >= 4 is 39.1 Å². The summed E-state index contributed by atoms with van der Waals surface area (Å²) in [7, 11) is 0. The van der Waals surface area contributed by atoms with Gasteiger partial charge in [-0.15, -0.1) is 0 Å². The van der Waals surface area contributed by atoms with Gasteiger partial charge in [0.2, 0.25) is 0 Å². The summed E-state index contributed by atoms with van der Waals surface area (Å²) >= 11 is 2.55. The summed E-state index contributed by atoms with van der Waals surface area (Å²) < 4.78 is 0.823. The van der Waals surface area contributed by atoms with Crippen molar-refractivity contribution in [2.24, 2.45) is 0 Å². The number of thiophene rings is 1. The predicted octanol–water partition coefficient (Wildman–Crippen LogP) is 4.75. The van der Waals surface area contributed by atoms with Crippen molar-refractivity contribution in [3.63, 3.8) is 0 Å². The molecule has 0 aliphatic carbocycles. The van der Waals surface area contributed by atoms with Crippen molar-refractivity contribution < 1.29 is 4.92 Å². The Hall–Kier alpha value is -2.71. The molecule has 3 heterocycles. The molecule has 1 aromatic carbocycles. The van der Waals surface area contributed by atoms with Crippen molar-refractivity contribution in [1.82, 2.24) is 15.0 Å². The maximum atomic E-state index is 10.8. The molecule has 0 aliphatic rings. The zero-order chi connectivity index (χ0) is 16.5. The van der Waals surface area contributed by atoms with E-state index in [1.54, 1.807) is 6.07 Å². The molecule has 0 saturated heterocycles. The molecule has 0 amide bonds. The molecule has 0 unspecified atom stereocenters. The van der Waals surface area contributed by atoms with Gasteiger partial charge in [-0.2, -0.15) is 0 Å². The van der Waals surface area contributed by atoms with Crippen LogP contribution in [0.2, 0.25) is 0 Å². The molecule has 3 aromatic heterocycles. The van der Waals surface area contributed by atoms with Gasteiger partial charge in [0.15, 0.2) is 0 Å². The van der Waals surface area contributed by atoms with Gasteiger partial charge in [0.25, 0.3) is 0 Å². The second-order valence-electron chi connectivity index (χ2n) is 4.94. The topological polar surface area (TPSA) is 84.7 Å². The number of benzene rings is 1. The SMILES string of the molecule is O=[N+]([O-])c1ccc(Sc2ncnc3[nH]c(-c4ccccc4)cc23)s1. The van der Waals surface area contributed by atoms with Crippen LogP contribution in [0.5, 0.6) is 0 Å². The van der Waals surface area contributed by atoms with Crippen molar-refractivity contribution in [3.8, 4) is 11.3 Å². The first-order valence-electron chi connectivity index (χ1n) is 7.02. The van der Waals surface area contributed by atoms with E-state index >= 15 is 0 Å². The minimum absolute atomic E-state index is 0.127. The molecule has 0 aliphatic heterocycles. The van der Waals surface area contributed by atoms with Crippen LogP contribution in [0.4, 0.5) is 5.00 Å². The van der Waals surface area contributed by atoms with Gasteiger partial charge < -0.3 is 4.98 Å². The summed E-state index contributed by atoms with van der Waals surface area (Å²) in [6.45, 7) is 0. The number of H-pyrrole nitrogens is 1. The first kappa shape index (κ1) is 14.9. The zero-order valence-electron chi connectivity index (χ0n) is 12.2. The van der Waals surface area contributed by atoms with E-state index in [9.17, 15) is 10.1 Å². The Morgan fingerprint density at radius 2 is 1.96 bits per heavy atom. The van der Waals surface area contributed by atoms with Gasteiger partial charge in [-0.25, -0.2) is 9.97 Å². The minimum atomic E-state index is -0.381. The molecule has 4 rings (SSSR count). The summed E-state index contributed by atoms with van der Waals surface area (Å²) in [5.74, 6) is 0. The molecular weight excluding hydrogens is 344 g/mol. The van der Waals surface area contributed by atoms with Gasteiger partial charge in [0.1, 0.15) is 17.0 Å². The fourth-order valence-corrected chi connectivity index (χ4v) is 4.23. The molecule has 1 N–H and O–H groups in total. The number of nitrogens with one attached hydrogen (secondary N) is 1. The quantitative estimate of drug-likeness (QED) is 0.325. The number of fused-ring (bicyclic) bond motifs is 1. The number of nitro groups is 1. The lowest BCUT2D eigenvalue weighted by Crippen LogP contribution is -1.83. The summed E-state index contributed by atoms with van der Waals surface area (Å²) in [4.78, 5) is 22.3. The first-order chi connectivity index (χ1) is 11.7. The third-order valence-corrected chi connectivity index (χ3v) is 5.61. The molecule has 24 heavy (non-hydrogen) atoms. The van der Waals surface area contributed by atoms with Gasteiger partial charge in [-0.05, 0) is 17.7 Å². The van der Waals surface area contributed by atoms with E-state index in [0.717, 1.165) is 42.9 Å². The number of rotatable bonds is 4. The molecule has 8 heteroatoms. The van der Waals surface area contributed by atoms with Gasteiger partial charge >= 0.3 is 5.00 Å². The Morgan fingerprint density at radius 3 is 2.71 bits per heavy atom. The lowest BCUT2D eigenvalue weighted by molar-refractivity contribution is -0.380. The average Bonchev–Trinajstić information content (AvgIpc) is 3.23. The molecule has 6 nitrogen and oxygen atoms in total. The van der Waals surface area contributed by atoms with Crippen LogP contribution in [0.15, 0.2) is 64.1 Å². The van der Waals surface area contributed by atoms with Gasteiger partial charge in [-0.1, -0.05) is 53.4 Å². The molecule has 0 saturated carbocycles. The monoisotopic (exact) mass is 354 g/mol. The maximum Gasteiger partial charge on any atom is 0.325 e. The number of hydrogen-bond donors (Lipinski definition) is 1. The van der Waals surface area contributed by atoms with E-state index in [-0.39, 0.29) is 9.92 Å². The van der Waals surface area contributed by atoms with Gasteiger partial charge in [0.05, 0.1) is 14.5 Å². The summed E-state index contributed by atoms with van der Waals surface area (Å²) in [5, 5.41) is 12.6. The van der Waals surface area contributed by atoms with Crippen LogP contribution in [0.1, 0.15) is 0 Å². The Morgan fingerprint density at radius 1 is 1.12 bits per heavy atom.